The van der Waals surface area contributed by atoms with Crippen molar-refractivity contribution in [2.75, 3.05) is 31.7 Å². The van der Waals surface area contributed by atoms with Gasteiger partial charge in [0.25, 0.3) is 0 Å². The van der Waals surface area contributed by atoms with E-state index in [1.165, 1.54) is 11.3 Å². The first-order valence-electron chi connectivity index (χ1n) is 8.98. The summed E-state index contributed by atoms with van der Waals surface area (Å²) in [6.07, 6.45) is 0.819. The van der Waals surface area contributed by atoms with Crippen molar-refractivity contribution >= 4 is 41.5 Å². The molecule has 7 nitrogen and oxygen atoms in total. The molecular weight excluding hydrogens is 370 g/mol. The average Bonchev–Trinajstić information content (AvgIpc) is 2.96. The van der Waals surface area contributed by atoms with Gasteiger partial charge in [-0.3, -0.25) is 5.32 Å². The second-order valence-corrected chi connectivity index (χ2v) is 9.59. The number of nitrogens with zero attached hydrogens (tertiary/aromatic N) is 2. The van der Waals surface area contributed by atoms with Crippen LogP contribution in [-0.2, 0) is 13.3 Å². The summed E-state index contributed by atoms with van der Waals surface area (Å²) in [5.74, 6) is 0. The van der Waals surface area contributed by atoms with Gasteiger partial charge in [-0.05, 0) is 39.3 Å². The molecule has 1 aliphatic heterocycles. The predicted molar refractivity (Wildman–Crippen MR) is 104 cm³/mol. The molecule has 0 spiro atoms. The number of carbonyl (C=O) groups is 1. The molecule has 1 fully saturated rings. The lowest BCUT2D eigenvalue weighted by atomic mass is 10.2. The summed E-state index contributed by atoms with van der Waals surface area (Å²) in [6.45, 7) is 7.91. The van der Waals surface area contributed by atoms with Gasteiger partial charge < -0.3 is 18.2 Å². The zero-order valence-corrected chi connectivity index (χ0v) is 17.2. The second kappa shape index (κ2) is 8.44. The lowest BCUT2D eigenvalue weighted by Crippen LogP contribution is -2.70. The highest BCUT2D eigenvalue weighted by Crippen LogP contribution is 2.31. The number of carbonyl (C=O) groups excluding carboxylic acids is 1. The summed E-state index contributed by atoms with van der Waals surface area (Å²) in [5, 5.41) is 3.51. The van der Waals surface area contributed by atoms with Gasteiger partial charge in [-0.1, -0.05) is 23.5 Å². The fourth-order valence-electron chi connectivity index (χ4n) is 3.10. The number of fused-ring (bicyclic) bond motifs is 1. The molecule has 1 aromatic carbocycles. The molecule has 1 unspecified atom stereocenters. The largest absolute Gasteiger partial charge is 0.524 e. The van der Waals surface area contributed by atoms with Gasteiger partial charge in [0, 0.05) is 26.4 Å². The minimum Gasteiger partial charge on any atom is -0.373 e. The maximum absolute atomic E-state index is 12.8. The highest BCUT2D eigenvalue weighted by Gasteiger charge is 2.57. The number of amides is 2. The predicted octanol–water partition coefficient (Wildman–Crippen LogP) is 3.49. The SMILES string of the molecule is CCO[Si](OCC)(OCC)C1CCN1C(=O)Nc1nc2ccccc2s1. The van der Waals surface area contributed by atoms with Crippen LogP contribution in [0.5, 0.6) is 0 Å². The van der Waals surface area contributed by atoms with E-state index in [1.54, 1.807) is 4.90 Å². The molecule has 0 radical (unpaired) electrons. The average molecular weight is 396 g/mol. The quantitative estimate of drug-likeness (QED) is 0.693. The smallest absolute Gasteiger partial charge is 0.373 e. The van der Waals surface area contributed by atoms with Gasteiger partial charge in [0.2, 0.25) is 0 Å². The molecule has 142 valence electrons. The molecule has 1 aromatic heterocycles. The standard InChI is InChI=1S/C17H25N3O4SSi/c1-4-22-26(23-5-2,24-6-3)15-11-12-20(15)17(21)19-16-18-13-9-7-8-10-14(13)25-16/h7-10,15H,4-6,11-12H2,1-3H3,(H,18,19,21). The Hall–Kier alpha value is -1.52. The molecule has 0 bridgehead atoms. The Morgan fingerprint density at radius 2 is 1.88 bits per heavy atom. The molecule has 2 heterocycles. The fourth-order valence-corrected chi connectivity index (χ4v) is 7.10. The lowest BCUT2D eigenvalue weighted by molar-refractivity contribution is 0.0200. The maximum Gasteiger partial charge on any atom is 0.524 e. The minimum absolute atomic E-state index is 0.156. The number of rotatable bonds is 8. The third-order valence-electron chi connectivity index (χ3n) is 4.23. The van der Waals surface area contributed by atoms with Gasteiger partial charge in [0.15, 0.2) is 5.13 Å². The van der Waals surface area contributed by atoms with Gasteiger partial charge in [-0.15, -0.1) is 0 Å². The van der Waals surface area contributed by atoms with Crippen LogP contribution in [0.4, 0.5) is 9.93 Å². The molecule has 26 heavy (non-hydrogen) atoms. The topological polar surface area (TPSA) is 72.9 Å². The number of nitrogens with one attached hydrogen (secondary N) is 1. The monoisotopic (exact) mass is 395 g/mol. The molecule has 2 amide bonds. The Morgan fingerprint density at radius 3 is 2.42 bits per heavy atom. The van der Waals surface area contributed by atoms with Crippen molar-refractivity contribution in [3.05, 3.63) is 24.3 Å². The van der Waals surface area contributed by atoms with E-state index in [9.17, 15) is 4.79 Å². The van der Waals surface area contributed by atoms with Crippen LogP contribution in [0.15, 0.2) is 24.3 Å². The summed E-state index contributed by atoms with van der Waals surface area (Å²) in [4.78, 5) is 19.0. The Labute approximate surface area is 158 Å². The number of thiazole rings is 1. The van der Waals surface area contributed by atoms with Crippen molar-refractivity contribution in [2.24, 2.45) is 0 Å². The Bertz CT molecular complexity index is 706. The first kappa shape index (κ1) is 19.2. The number of anilines is 1. The molecular formula is C17H25N3O4SSi. The molecule has 1 aliphatic rings. The summed E-state index contributed by atoms with van der Waals surface area (Å²) < 4.78 is 18.9. The first-order valence-corrected chi connectivity index (χ1v) is 11.6. The number of likely N-dealkylation sites (tertiary alicyclic amines) is 1. The summed E-state index contributed by atoms with van der Waals surface area (Å²) in [5.41, 5.74) is 0.728. The Morgan fingerprint density at radius 1 is 1.23 bits per heavy atom. The van der Waals surface area contributed by atoms with Crippen LogP contribution in [0.2, 0.25) is 0 Å². The van der Waals surface area contributed by atoms with Crippen molar-refractivity contribution in [3.63, 3.8) is 0 Å². The molecule has 9 heteroatoms. The molecule has 2 aromatic rings. The van der Waals surface area contributed by atoms with E-state index in [-0.39, 0.29) is 11.7 Å². The second-order valence-electron chi connectivity index (χ2n) is 5.82. The molecule has 0 aliphatic carbocycles. The van der Waals surface area contributed by atoms with E-state index < -0.39 is 8.80 Å². The molecule has 3 rings (SSSR count). The van der Waals surface area contributed by atoms with Crippen molar-refractivity contribution < 1.29 is 18.1 Å². The van der Waals surface area contributed by atoms with E-state index in [0.717, 1.165) is 16.6 Å². The fraction of sp³-hybridized carbons (Fsp3) is 0.529. The first-order chi connectivity index (χ1) is 12.6. The third kappa shape index (κ3) is 3.76. The van der Waals surface area contributed by atoms with E-state index in [0.29, 0.717) is 31.5 Å². The van der Waals surface area contributed by atoms with Gasteiger partial charge in [-0.2, -0.15) is 0 Å². The Balaban J connectivity index is 1.74. The van der Waals surface area contributed by atoms with Crippen LogP contribution >= 0.6 is 11.3 Å². The maximum atomic E-state index is 12.8. The van der Waals surface area contributed by atoms with Gasteiger partial charge in [-0.25, -0.2) is 9.78 Å². The van der Waals surface area contributed by atoms with Crippen molar-refractivity contribution in [1.82, 2.24) is 9.88 Å². The van der Waals surface area contributed by atoms with Crippen molar-refractivity contribution in [3.8, 4) is 0 Å². The van der Waals surface area contributed by atoms with Crippen LogP contribution < -0.4 is 5.32 Å². The molecule has 1 N–H and O–H groups in total. The van der Waals surface area contributed by atoms with Crippen LogP contribution in [0.3, 0.4) is 0 Å². The minimum atomic E-state index is -2.94. The van der Waals surface area contributed by atoms with Crippen molar-refractivity contribution in [2.45, 2.75) is 32.9 Å². The van der Waals surface area contributed by atoms with Crippen LogP contribution in [0.25, 0.3) is 10.2 Å². The molecule has 1 saturated heterocycles. The number of benzene rings is 1. The van der Waals surface area contributed by atoms with Crippen LogP contribution in [0.1, 0.15) is 27.2 Å². The van der Waals surface area contributed by atoms with E-state index in [1.807, 2.05) is 45.0 Å². The highest BCUT2D eigenvalue weighted by molar-refractivity contribution is 7.22. The van der Waals surface area contributed by atoms with Crippen molar-refractivity contribution in [1.29, 1.82) is 0 Å². The summed E-state index contributed by atoms with van der Waals surface area (Å²) >= 11 is 1.46. The lowest BCUT2D eigenvalue weighted by Gasteiger charge is -2.47. The number of hydrogen-bond acceptors (Lipinski definition) is 6. The van der Waals surface area contributed by atoms with Gasteiger partial charge in [0.1, 0.15) is 5.67 Å². The van der Waals surface area contributed by atoms with E-state index >= 15 is 0 Å². The van der Waals surface area contributed by atoms with Crippen LogP contribution in [0, 0.1) is 0 Å². The zero-order chi connectivity index (χ0) is 18.6. The van der Waals surface area contributed by atoms with E-state index in [4.69, 9.17) is 13.3 Å². The Kier molecular flexibility index (Phi) is 6.25. The highest BCUT2D eigenvalue weighted by atomic mass is 32.1. The number of urea groups is 1. The third-order valence-corrected chi connectivity index (χ3v) is 8.67. The number of para-hydroxylation sites is 1. The molecule has 1 atom stereocenters. The number of hydrogen-bond donors (Lipinski definition) is 1. The molecule has 0 saturated carbocycles. The van der Waals surface area contributed by atoms with Crippen LogP contribution in [-0.4, -0.2) is 56.7 Å². The van der Waals surface area contributed by atoms with Gasteiger partial charge >= 0.3 is 14.8 Å². The number of aromatic nitrogens is 1. The van der Waals surface area contributed by atoms with Gasteiger partial charge in [0.05, 0.1) is 10.2 Å². The zero-order valence-electron chi connectivity index (χ0n) is 15.4. The normalized spacial score (nSPS) is 17.3. The summed E-state index contributed by atoms with van der Waals surface area (Å²) in [7, 11) is -2.94. The summed E-state index contributed by atoms with van der Waals surface area (Å²) in [6, 6.07) is 7.64. The van der Waals surface area contributed by atoms with E-state index in [2.05, 4.69) is 10.3 Å².